The van der Waals surface area contributed by atoms with Crippen LogP contribution in [0.3, 0.4) is 0 Å². The van der Waals surface area contributed by atoms with E-state index in [1.807, 2.05) is 6.07 Å². The molecule has 0 spiro atoms. The molecule has 0 aromatic carbocycles. The van der Waals surface area contributed by atoms with E-state index in [2.05, 4.69) is 36.5 Å². The van der Waals surface area contributed by atoms with Gasteiger partial charge < -0.3 is 29.7 Å². The first kappa shape index (κ1) is 28.1. The SMILES string of the molecule is CCCCOc1nc(N)c2[nH]c(=O)n(Cc3ccc(OCCN4CCC(C=O)CC4)nc3)c2n1.COC. The van der Waals surface area contributed by atoms with E-state index in [-0.39, 0.29) is 30.0 Å². The molecule has 1 fully saturated rings. The van der Waals surface area contributed by atoms with Gasteiger partial charge in [-0.1, -0.05) is 19.4 Å². The van der Waals surface area contributed by atoms with Crippen molar-refractivity contribution in [1.82, 2.24) is 29.4 Å². The number of carbonyl (C=O) groups is 1. The standard InChI is InChI=1S/C23H31N7O4.C2H6O/c1-2-3-11-34-22-27-20(24)19-21(28-22)30(23(32)26-19)14-17-4-5-18(25-13-17)33-12-10-29-8-6-16(15-31)7-9-29;1-3-2/h4-5,13,15-16H,2-3,6-12,14H2,1H3,(H,26,32)(H2,24,27,28);1-2H3. The van der Waals surface area contributed by atoms with E-state index in [9.17, 15) is 9.59 Å². The lowest BCUT2D eigenvalue weighted by Gasteiger charge is -2.29. The Balaban J connectivity index is 0.00000121. The van der Waals surface area contributed by atoms with Gasteiger partial charge in [0.05, 0.1) is 13.2 Å². The number of piperidine rings is 1. The van der Waals surface area contributed by atoms with Crippen molar-refractivity contribution in [2.24, 2.45) is 5.92 Å². The minimum Gasteiger partial charge on any atom is -0.476 e. The fraction of sp³-hybridized carbons (Fsp3) is 0.560. The lowest BCUT2D eigenvalue weighted by Crippen LogP contribution is -2.36. The minimum absolute atomic E-state index is 0.156. The number of aromatic nitrogens is 5. The number of hydrogen-bond donors (Lipinski definition) is 2. The van der Waals surface area contributed by atoms with Crippen molar-refractivity contribution in [1.29, 1.82) is 0 Å². The number of nitrogen functional groups attached to an aromatic ring is 1. The lowest BCUT2D eigenvalue weighted by atomic mass is 9.99. The van der Waals surface area contributed by atoms with Crippen LogP contribution in [0.5, 0.6) is 11.9 Å². The highest BCUT2D eigenvalue weighted by Gasteiger charge is 2.18. The number of ether oxygens (including phenoxy) is 3. The molecule has 37 heavy (non-hydrogen) atoms. The third-order valence-electron chi connectivity index (χ3n) is 5.98. The highest BCUT2D eigenvalue weighted by atomic mass is 16.5. The van der Waals surface area contributed by atoms with Crippen molar-refractivity contribution in [2.45, 2.75) is 39.2 Å². The van der Waals surface area contributed by atoms with Crippen LogP contribution in [-0.4, -0.2) is 82.8 Å². The van der Waals surface area contributed by atoms with E-state index in [1.165, 1.54) is 4.57 Å². The highest BCUT2D eigenvalue weighted by molar-refractivity contribution is 5.81. The molecule has 0 unspecified atom stereocenters. The molecule has 0 saturated carbocycles. The molecule has 3 N–H and O–H groups in total. The summed E-state index contributed by atoms with van der Waals surface area (Å²) in [5.74, 6) is 0.889. The molecule has 1 aliphatic rings. The third kappa shape index (κ3) is 7.99. The summed E-state index contributed by atoms with van der Waals surface area (Å²) in [5, 5.41) is 0. The van der Waals surface area contributed by atoms with Gasteiger partial charge in [0.25, 0.3) is 0 Å². The number of H-pyrrole nitrogens is 1. The predicted octanol–water partition coefficient (Wildman–Crippen LogP) is 1.88. The van der Waals surface area contributed by atoms with E-state index in [1.54, 1.807) is 26.5 Å². The summed E-state index contributed by atoms with van der Waals surface area (Å²) in [6.45, 7) is 5.97. The van der Waals surface area contributed by atoms with Crippen molar-refractivity contribution in [3.8, 4) is 11.9 Å². The summed E-state index contributed by atoms with van der Waals surface area (Å²) in [6.07, 6.45) is 6.42. The minimum atomic E-state index is -0.333. The Labute approximate surface area is 216 Å². The van der Waals surface area contributed by atoms with Gasteiger partial charge in [-0.15, -0.1) is 0 Å². The van der Waals surface area contributed by atoms with Crippen molar-refractivity contribution in [3.63, 3.8) is 0 Å². The molecule has 12 nitrogen and oxygen atoms in total. The average Bonchev–Trinajstić information content (AvgIpc) is 3.21. The van der Waals surface area contributed by atoms with Gasteiger partial charge in [0.1, 0.15) is 18.4 Å². The van der Waals surface area contributed by atoms with Crippen LogP contribution in [0.1, 0.15) is 38.2 Å². The van der Waals surface area contributed by atoms with Crippen LogP contribution in [0, 0.1) is 5.92 Å². The number of nitrogens with one attached hydrogen (secondary N) is 1. The molecule has 202 valence electrons. The molecule has 3 aromatic heterocycles. The number of carbonyl (C=O) groups excluding carboxylic acids is 1. The quantitative estimate of drug-likeness (QED) is 0.286. The van der Waals surface area contributed by atoms with E-state index in [0.29, 0.717) is 30.3 Å². The number of fused-ring (bicyclic) bond motifs is 1. The average molecular weight is 516 g/mol. The van der Waals surface area contributed by atoms with Crippen molar-refractivity contribution in [3.05, 3.63) is 34.4 Å². The van der Waals surface area contributed by atoms with Gasteiger partial charge in [-0.3, -0.25) is 9.47 Å². The predicted molar refractivity (Wildman–Crippen MR) is 140 cm³/mol. The van der Waals surface area contributed by atoms with Crippen LogP contribution in [0.2, 0.25) is 0 Å². The van der Waals surface area contributed by atoms with Crippen molar-refractivity contribution >= 4 is 23.3 Å². The summed E-state index contributed by atoms with van der Waals surface area (Å²) in [6, 6.07) is 3.81. The molecule has 0 bridgehead atoms. The van der Waals surface area contributed by atoms with E-state index in [0.717, 1.165) is 57.2 Å². The van der Waals surface area contributed by atoms with Crippen LogP contribution in [0.4, 0.5) is 5.82 Å². The second-order valence-electron chi connectivity index (χ2n) is 8.88. The number of nitrogens with two attached hydrogens (primary N) is 1. The van der Waals surface area contributed by atoms with Gasteiger partial charge >= 0.3 is 11.7 Å². The van der Waals surface area contributed by atoms with Gasteiger partial charge in [-0.05, 0) is 37.9 Å². The number of imidazole rings is 1. The van der Waals surface area contributed by atoms with Gasteiger partial charge in [-0.2, -0.15) is 9.97 Å². The van der Waals surface area contributed by atoms with Crippen LogP contribution in [0.25, 0.3) is 11.2 Å². The third-order valence-corrected chi connectivity index (χ3v) is 5.98. The van der Waals surface area contributed by atoms with E-state index in [4.69, 9.17) is 15.2 Å². The molecular formula is C25H37N7O5. The zero-order valence-electron chi connectivity index (χ0n) is 21.8. The molecule has 0 atom stereocenters. The summed E-state index contributed by atoms with van der Waals surface area (Å²) >= 11 is 0. The van der Waals surface area contributed by atoms with Gasteiger partial charge in [0.15, 0.2) is 11.5 Å². The molecule has 1 aliphatic heterocycles. The molecule has 4 rings (SSSR count). The maximum Gasteiger partial charge on any atom is 0.328 e. The van der Waals surface area contributed by atoms with Crippen LogP contribution < -0.4 is 20.9 Å². The first-order chi connectivity index (χ1) is 18.0. The number of unbranched alkanes of at least 4 members (excludes halogenated alkanes) is 1. The Morgan fingerprint density at radius 3 is 2.57 bits per heavy atom. The highest BCUT2D eigenvalue weighted by Crippen LogP contribution is 2.19. The Morgan fingerprint density at radius 2 is 1.92 bits per heavy atom. The number of nitrogens with zero attached hydrogens (tertiary/aromatic N) is 5. The zero-order valence-corrected chi connectivity index (χ0v) is 21.8. The number of likely N-dealkylation sites (tertiary alicyclic amines) is 1. The molecule has 0 radical (unpaired) electrons. The maximum absolute atomic E-state index is 12.5. The van der Waals surface area contributed by atoms with Crippen LogP contribution in [-0.2, 0) is 16.1 Å². The first-order valence-corrected chi connectivity index (χ1v) is 12.5. The number of aldehydes is 1. The second-order valence-corrected chi connectivity index (χ2v) is 8.88. The summed E-state index contributed by atoms with van der Waals surface area (Å²) in [4.78, 5) is 41.3. The number of hydrogen-bond acceptors (Lipinski definition) is 10. The number of methoxy groups -OCH3 is 1. The number of anilines is 1. The Kier molecular flexibility index (Phi) is 10.8. The van der Waals surface area contributed by atoms with Crippen molar-refractivity contribution in [2.75, 3.05) is 52.8 Å². The molecule has 1 saturated heterocycles. The van der Waals surface area contributed by atoms with E-state index >= 15 is 0 Å². The maximum atomic E-state index is 12.5. The Bertz CT molecular complexity index is 1170. The zero-order chi connectivity index (χ0) is 26.6. The van der Waals surface area contributed by atoms with Crippen LogP contribution >= 0.6 is 0 Å². The molecule has 0 aliphatic carbocycles. The Morgan fingerprint density at radius 1 is 1.16 bits per heavy atom. The number of rotatable bonds is 11. The summed E-state index contributed by atoms with van der Waals surface area (Å²) in [5.41, 5.74) is 7.27. The van der Waals surface area contributed by atoms with E-state index < -0.39 is 0 Å². The van der Waals surface area contributed by atoms with Gasteiger partial charge in [0.2, 0.25) is 5.88 Å². The smallest absolute Gasteiger partial charge is 0.328 e. The van der Waals surface area contributed by atoms with Crippen molar-refractivity contribution < 1.29 is 19.0 Å². The van der Waals surface area contributed by atoms with Crippen LogP contribution in [0.15, 0.2) is 23.1 Å². The topological polar surface area (TPSA) is 150 Å². The fourth-order valence-corrected chi connectivity index (χ4v) is 3.91. The lowest BCUT2D eigenvalue weighted by molar-refractivity contribution is -0.112. The molecular weight excluding hydrogens is 478 g/mol. The molecule has 12 heteroatoms. The summed E-state index contributed by atoms with van der Waals surface area (Å²) in [7, 11) is 3.25. The molecule has 3 aromatic rings. The number of aromatic amines is 1. The summed E-state index contributed by atoms with van der Waals surface area (Å²) < 4.78 is 17.1. The molecule has 0 amide bonds. The van der Waals surface area contributed by atoms with Gasteiger partial charge in [-0.25, -0.2) is 9.78 Å². The second kappa shape index (κ2) is 14.3. The number of pyridine rings is 1. The normalized spacial score (nSPS) is 14.2. The largest absolute Gasteiger partial charge is 0.476 e. The first-order valence-electron chi connectivity index (χ1n) is 12.5. The monoisotopic (exact) mass is 515 g/mol. The molecule has 4 heterocycles. The fourth-order valence-electron chi connectivity index (χ4n) is 3.91. The Hall–Kier alpha value is -3.51. The van der Waals surface area contributed by atoms with Gasteiger partial charge in [0, 0.05) is 38.9 Å².